The number of anilines is 1. The van der Waals surface area contributed by atoms with E-state index in [1.807, 2.05) is 42.6 Å². The monoisotopic (exact) mass is 290 g/mol. The van der Waals surface area contributed by atoms with Gasteiger partial charge in [-0.05, 0) is 42.1 Å². The Hall–Kier alpha value is -2.01. The number of carbonyl (C=O) groups is 1. The lowest BCUT2D eigenvalue weighted by molar-refractivity contribution is -0.120. The van der Waals surface area contributed by atoms with Crippen LogP contribution in [-0.2, 0) is 11.2 Å². The van der Waals surface area contributed by atoms with Gasteiger partial charge in [-0.3, -0.25) is 4.79 Å². The van der Waals surface area contributed by atoms with E-state index >= 15 is 0 Å². The molecule has 106 valence electrons. The Kier molecular flexibility index (Phi) is 5.01. The Balaban J connectivity index is 1.68. The van der Waals surface area contributed by atoms with Crippen molar-refractivity contribution >= 4 is 22.9 Å². The molecule has 4 nitrogen and oxygen atoms in total. The van der Waals surface area contributed by atoms with Crippen LogP contribution in [0.1, 0.15) is 10.4 Å². The van der Waals surface area contributed by atoms with Gasteiger partial charge in [0.25, 0.3) is 0 Å². The molecule has 1 amide bonds. The van der Waals surface area contributed by atoms with Crippen molar-refractivity contribution in [2.75, 3.05) is 18.9 Å². The minimum absolute atomic E-state index is 0.0181. The fourth-order valence-electron chi connectivity index (χ4n) is 1.73. The van der Waals surface area contributed by atoms with E-state index in [4.69, 9.17) is 10.5 Å². The molecule has 0 unspecified atom stereocenters. The predicted octanol–water partition coefficient (Wildman–Crippen LogP) is 2.38. The number of carbonyl (C=O) groups excluding carboxylic acids is 1. The van der Waals surface area contributed by atoms with Gasteiger partial charge in [-0.15, -0.1) is 11.3 Å². The van der Waals surface area contributed by atoms with E-state index in [2.05, 4.69) is 5.32 Å². The van der Waals surface area contributed by atoms with Gasteiger partial charge in [-0.2, -0.15) is 0 Å². The molecular weight excluding hydrogens is 272 g/mol. The summed E-state index contributed by atoms with van der Waals surface area (Å²) in [5.74, 6) is 0.786. The Labute approximate surface area is 122 Å². The van der Waals surface area contributed by atoms with Gasteiger partial charge >= 0.3 is 0 Å². The molecule has 3 N–H and O–H groups in total. The molecule has 0 fully saturated rings. The Bertz CT molecular complexity index is 567. The molecule has 1 heterocycles. The summed E-state index contributed by atoms with van der Waals surface area (Å²) in [5.41, 5.74) is 7.48. The highest BCUT2D eigenvalue weighted by Crippen LogP contribution is 2.18. The maximum Gasteiger partial charge on any atom is 0.225 e. The summed E-state index contributed by atoms with van der Waals surface area (Å²) >= 11 is 1.59. The molecule has 1 aromatic carbocycles. The number of ether oxygens (including phenoxy) is 1. The van der Waals surface area contributed by atoms with Gasteiger partial charge in [0, 0.05) is 10.6 Å². The van der Waals surface area contributed by atoms with E-state index < -0.39 is 0 Å². The van der Waals surface area contributed by atoms with E-state index in [0.717, 1.165) is 21.9 Å². The highest BCUT2D eigenvalue weighted by molar-refractivity contribution is 7.10. The molecule has 0 radical (unpaired) electrons. The van der Waals surface area contributed by atoms with Crippen molar-refractivity contribution < 1.29 is 9.53 Å². The predicted molar refractivity (Wildman–Crippen MR) is 82.1 cm³/mol. The summed E-state index contributed by atoms with van der Waals surface area (Å²) in [6, 6.07) is 9.44. The summed E-state index contributed by atoms with van der Waals surface area (Å²) in [6.45, 7) is 2.87. The Morgan fingerprint density at radius 3 is 2.95 bits per heavy atom. The van der Waals surface area contributed by atoms with Crippen LogP contribution in [0.4, 0.5) is 5.69 Å². The van der Waals surface area contributed by atoms with Crippen LogP contribution in [0.25, 0.3) is 0 Å². The van der Waals surface area contributed by atoms with Crippen LogP contribution in [0.5, 0.6) is 5.75 Å². The SMILES string of the molecule is Cc1cc(OCCNC(=O)Cc2cccs2)ccc1N. The first kappa shape index (κ1) is 14.4. The quantitative estimate of drug-likeness (QED) is 0.634. The van der Waals surface area contributed by atoms with Crippen molar-refractivity contribution in [1.82, 2.24) is 5.32 Å². The molecule has 20 heavy (non-hydrogen) atoms. The van der Waals surface area contributed by atoms with Crippen LogP contribution >= 0.6 is 11.3 Å². The number of hydrogen-bond acceptors (Lipinski definition) is 4. The van der Waals surface area contributed by atoms with E-state index in [1.54, 1.807) is 11.3 Å². The summed E-state index contributed by atoms with van der Waals surface area (Å²) in [7, 11) is 0. The van der Waals surface area contributed by atoms with Gasteiger partial charge in [0.2, 0.25) is 5.91 Å². The first-order valence-electron chi connectivity index (χ1n) is 6.43. The Morgan fingerprint density at radius 2 is 2.25 bits per heavy atom. The summed E-state index contributed by atoms with van der Waals surface area (Å²) in [4.78, 5) is 12.7. The molecule has 0 aliphatic carbocycles. The van der Waals surface area contributed by atoms with Crippen molar-refractivity contribution in [3.05, 3.63) is 46.2 Å². The molecule has 0 bridgehead atoms. The minimum Gasteiger partial charge on any atom is -0.492 e. The molecule has 5 heteroatoms. The van der Waals surface area contributed by atoms with E-state index in [9.17, 15) is 4.79 Å². The van der Waals surface area contributed by atoms with E-state index in [-0.39, 0.29) is 5.91 Å². The van der Waals surface area contributed by atoms with Crippen LogP contribution in [-0.4, -0.2) is 19.1 Å². The molecule has 0 atom stereocenters. The number of hydrogen-bond donors (Lipinski definition) is 2. The lowest BCUT2D eigenvalue weighted by Gasteiger charge is -2.09. The molecule has 0 aliphatic rings. The molecule has 2 rings (SSSR count). The van der Waals surface area contributed by atoms with Crippen LogP contribution < -0.4 is 15.8 Å². The first-order valence-corrected chi connectivity index (χ1v) is 7.31. The summed E-state index contributed by atoms with van der Waals surface area (Å²) in [5, 5.41) is 4.80. The topological polar surface area (TPSA) is 64.3 Å². The third-order valence-corrected chi connectivity index (χ3v) is 3.73. The highest BCUT2D eigenvalue weighted by Gasteiger charge is 2.03. The average molecular weight is 290 g/mol. The maximum absolute atomic E-state index is 11.6. The van der Waals surface area contributed by atoms with Crippen molar-refractivity contribution in [3.63, 3.8) is 0 Å². The minimum atomic E-state index is 0.0181. The fraction of sp³-hybridized carbons (Fsp3) is 0.267. The van der Waals surface area contributed by atoms with E-state index in [0.29, 0.717) is 19.6 Å². The molecule has 1 aromatic heterocycles. The second kappa shape index (κ2) is 6.96. The maximum atomic E-state index is 11.6. The largest absolute Gasteiger partial charge is 0.492 e. The number of aryl methyl sites for hydroxylation is 1. The van der Waals surface area contributed by atoms with Gasteiger partial charge in [0.15, 0.2) is 0 Å². The van der Waals surface area contributed by atoms with Gasteiger partial charge < -0.3 is 15.8 Å². The number of thiophene rings is 1. The third-order valence-electron chi connectivity index (χ3n) is 2.85. The standard InChI is InChI=1S/C15H18N2O2S/c1-11-9-12(4-5-14(11)16)19-7-6-17-15(18)10-13-3-2-8-20-13/h2-5,8-9H,6-7,10,16H2,1H3,(H,17,18). The van der Waals surface area contributed by atoms with Crippen LogP contribution in [0, 0.1) is 6.92 Å². The molecule has 0 spiro atoms. The van der Waals surface area contributed by atoms with Crippen molar-refractivity contribution in [3.8, 4) is 5.75 Å². The molecule has 0 saturated heterocycles. The summed E-state index contributed by atoms with van der Waals surface area (Å²) < 4.78 is 5.56. The van der Waals surface area contributed by atoms with Crippen molar-refractivity contribution in [2.45, 2.75) is 13.3 Å². The smallest absolute Gasteiger partial charge is 0.225 e. The second-order valence-electron chi connectivity index (χ2n) is 4.47. The summed E-state index contributed by atoms with van der Waals surface area (Å²) in [6.07, 6.45) is 0.429. The molecule has 0 saturated carbocycles. The fourth-order valence-corrected chi connectivity index (χ4v) is 2.43. The Morgan fingerprint density at radius 1 is 1.40 bits per heavy atom. The third kappa shape index (κ3) is 4.28. The van der Waals surface area contributed by atoms with Crippen LogP contribution in [0.2, 0.25) is 0 Å². The lowest BCUT2D eigenvalue weighted by atomic mass is 10.2. The van der Waals surface area contributed by atoms with Crippen molar-refractivity contribution in [1.29, 1.82) is 0 Å². The average Bonchev–Trinajstić information content (AvgIpc) is 2.91. The number of benzene rings is 1. The molecule has 2 aromatic rings. The number of nitrogen functional groups attached to an aromatic ring is 1. The zero-order chi connectivity index (χ0) is 14.4. The molecular formula is C15H18N2O2S. The van der Waals surface area contributed by atoms with Crippen molar-refractivity contribution in [2.24, 2.45) is 0 Å². The zero-order valence-electron chi connectivity index (χ0n) is 11.4. The normalized spacial score (nSPS) is 10.2. The van der Waals surface area contributed by atoms with Gasteiger partial charge in [0.05, 0.1) is 13.0 Å². The number of nitrogens with two attached hydrogens (primary N) is 1. The lowest BCUT2D eigenvalue weighted by Crippen LogP contribution is -2.29. The second-order valence-corrected chi connectivity index (χ2v) is 5.51. The van der Waals surface area contributed by atoms with Gasteiger partial charge in [0.1, 0.15) is 12.4 Å². The van der Waals surface area contributed by atoms with Crippen LogP contribution in [0.15, 0.2) is 35.7 Å². The van der Waals surface area contributed by atoms with Gasteiger partial charge in [-0.25, -0.2) is 0 Å². The zero-order valence-corrected chi connectivity index (χ0v) is 12.2. The highest BCUT2D eigenvalue weighted by atomic mass is 32.1. The number of amides is 1. The van der Waals surface area contributed by atoms with E-state index in [1.165, 1.54) is 0 Å². The van der Waals surface area contributed by atoms with Crippen LogP contribution in [0.3, 0.4) is 0 Å². The van der Waals surface area contributed by atoms with Gasteiger partial charge in [-0.1, -0.05) is 6.07 Å². The number of rotatable bonds is 6. The number of nitrogens with one attached hydrogen (secondary N) is 1. The first-order chi connectivity index (χ1) is 9.65. The molecule has 0 aliphatic heterocycles.